The topological polar surface area (TPSA) is 26.3 Å². The van der Waals surface area contributed by atoms with Gasteiger partial charge in [-0.3, -0.25) is 0 Å². The van der Waals surface area contributed by atoms with Crippen molar-refractivity contribution in [3.63, 3.8) is 0 Å². The van der Waals surface area contributed by atoms with E-state index in [1.54, 1.807) is 17.5 Å². The highest BCUT2D eigenvalue weighted by Gasteiger charge is 2.10. The second-order valence-corrected chi connectivity index (χ2v) is 3.94. The zero-order valence-corrected chi connectivity index (χ0v) is 9.08. The molecule has 2 nitrogen and oxygen atoms in total. The number of carbonyl (C=O) groups excluding carboxylic acids is 1. The Hall–Kier alpha value is -1.61. The summed E-state index contributed by atoms with van der Waals surface area (Å²) in [6.07, 6.45) is 0. The summed E-state index contributed by atoms with van der Waals surface area (Å²) in [5.74, 6) is 0.305. The van der Waals surface area contributed by atoms with E-state index >= 15 is 0 Å². The number of thiophene rings is 1. The summed E-state index contributed by atoms with van der Waals surface area (Å²) >= 11 is 1.50. The van der Waals surface area contributed by atoms with Crippen LogP contribution < -0.4 is 4.74 Å². The fraction of sp³-hybridized carbons (Fsp3) is 0.0833. The molecule has 2 rings (SSSR count). The van der Waals surface area contributed by atoms with Gasteiger partial charge in [0, 0.05) is 5.38 Å². The standard InChI is InChI=1S/C12H10O2S/c1-9-4-2-3-5-11(9)12(13)14-10-6-7-15-8-10/h2-8H,1H3. The molecule has 1 heterocycles. The molecule has 0 amide bonds. The molecule has 0 fully saturated rings. The average Bonchev–Trinajstić information content (AvgIpc) is 2.71. The Morgan fingerprint density at radius 2 is 2.07 bits per heavy atom. The summed E-state index contributed by atoms with van der Waals surface area (Å²) < 4.78 is 5.19. The van der Waals surface area contributed by atoms with Crippen LogP contribution in [-0.4, -0.2) is 5.97 Å². The number of hydrogen-bond donors (Lipinski definition) is 0. The van der Waals surface area contributed by atoms with Gasteiger partial charge in [-0.05, 0) is 30.0 Å². The van der Waals surface area contributed by atoms with Gasteiger partial charge >= 0.3 is 5.97 Å². The molecule has 0 bridgehead atoms. The number of benzene rings is 1. The van der Waals surface area contributed by atoms with Crippen LogP contribution in [0.4, 0.5) is 0 Å². The molecule has 3 heteroatoms. The molecule has 0 aliphatic rings. The first-order chi connectivity index (χ1) is 7.27. The molecule has 15 heavy (non-hydrogen) atoms. The Morgan fingerprint density at radius 3 is 2.73 bits per heavy atom. The van der Waals surface area contributed by atoms with Crippen molar-refractivity contribution in [1.29, 1.82) is 0 Å². The van der Waals surface area contributed by atoms with Gasteiger partial charge in [0.2, 0.25) is 0 Å². The molecular formula is C12H10O2S. The van der Waals surface area contributed by atoms with E-state index in [1.165, 1.54) is 11.3 Å². The number of ether oxygens (including phenoxy) is 1. The van der Waals surface area contributed by atoms with E-state index in [4.69, 9.17) is 4.74 Å². The maximum absolute atomic E-state index is 11.7. The average molecular weight is 218 g/mol. The second-order valence-electron chi connectivity index (χ2n) is 3.16. The lowest BCUT2D eigenvalue weighted by atomic mass is 10.1. The molecule has 0 aliphatic heterocycles. The van der Waals surface area contributed by atoms with Crippen molar-refractivity contribution in [3.8, 4) is 5.75 Å². The molecule has 0 saturated heterocycles. The summed E-state index contributed by atoms with van der Waals surface area (Å²) in [4.78, 5) is 11.7. The van der Waals surface area contributed by atoms with E-state index in [2.05, 4.69) is 0 Å². The lowest BCUT2D eigenvalue weighted by Gasteiger charge is -2.04. The van der Waals surface area contributed by atoms with Gasteiger partial charge in [-0.2, -0.15) is 0 Å². The van der Waals surface area contributed by atoms with E-state index in [-0.39, 0.29) is 5.97 Å². The second kappa shape index (κ2) is 4.28. The van der Waals surface area contributed by atoms with E-state index in [9.17, 15) is 4.79 Å². The maximum Gasteiger partial charge on any atom is 0.343 e. The van der Waals surface area contributed by atoms with Gasteiger partial charge in [0.25, 0.3) is 0 Å². The molecule has 0 spiro atoms. The minimum absolute atomic E-state index is 0.300. The van der Waals surface area contributed by atoms with Crippen LogP contribution in [0.15, 0.2) is 41.1 Å². The van der Waals surface area contributed by atoms with Crippen LogP contribution in [-0.2, 0) is 0 Å². The van der Waals surface area contributed by atoms with E-state index in [0.29, 0.717) is 11.3 Å². The fourth-order valence-corrected chi connectivity index (χ4v) is 1.83. The molecule has 0 radical (unpaired) electrons. The largest absolute Gasteiger partial charge is 0.422 e. The summed E-state index contributed by atoms with van der Waals surface area (Å²) in [6.45, 7) is 1.89. The molecule has 0 N–H and O–H groups in total. The first kappa shape index (κ1) is 9.93. The number of esters is 1. The lowest BCUT2D eigenvalue weighted by Crippen LogP contribution is -2.09. The normalized spacial score (nSPS) is 9.93. The summed E-state index contributed by atoms with van der Waals surface area (Å²) in [6, 6.07) is 9.17. The summed E-state index contributed by atoms with van der Waals surface area (Å²) in [5.41, 5.74) is 1.54. The monoisotopic (exact) mass is 218 g/mol. The van der Waals surface area contributed by atoms with Crippen LogP contribution in [0, 0.1) is 6.92 Å². The minimum atomic E-state index is -0.300. The smallest absolute Gasteiger partial charge is 0.343 e. The Bertz CT molecular complexity index is 460. The molecule has 1 aromatic carbocycles. The van der Waals surface area contributed by atoms with Gasteiger partial charge in [0.1, 0.15) is 5.75 Å². The SMILES string of the molecule is Cc1ccccc1C(=O)Oc1ccsc1. The van der Waals surface area contributed by atoms with E-state index < -0.39 is 0 Å². The maximum atomic E-state index is 11.7. The van der Waals surface area contributed by atoms with Crippen LogP contribution in [0.1, 0.15) is 15.9 Å². The van der Waals surface area contributed by atoms with Gasteiger partial charge in [-0.1, -0.05) is 18.2 Å². The van der Waals surface area contributed by atoms with Crippen molar-refractivity contribution in [2.45, 2.75) is 6.92 Å². The number of rotatable bonds is 2. The van der Waals surface area contributed by atoms with Crippen LogP contribution in [0.2, 0.25) is 0 Å². The Balaban J connectivity index is 2.19. The number of hydrogen-bond acceptors (Lipinski definition) is 3. The Kier molecular flexibility index (Phi) is 2.83. The van der Waals surface area contributed by atoms with Crippen molar-refractivity contribution in [2.24, 2.45) is 0 Å². The van der Waals surface area contributed by atoms with Crippen molar-refractivity contribution < 1.29 is 9.53 Å². The molecule has 0 saturated carbocycles. The van der Waals surface area contributed by atoms with Crippen LogP contribution >= 0.6 is 11.3 Å². The summed E-state index contributed by atoms with van der Waals surface area (Å²) in [7, 11) is 0. The predicted molar refractivity (Wildman–Crippen MR) is 60.5 cm³/mol. The number of carbonyl (C=O) groups is 1. The van der Waals surface area contributed by atoms with Crippen molar-refractivity contribution >= 4 is 17.3 Å². The highest BCUT2D eigenvalue weighted by Crippen LogP contribution is 2.17. The van der Waals surface area contributed by atoms with Crippen molar-refractivity contribution in [2.75, 3.05) is 0 Å². The van der Waals surface area contributed by atoms with E-state index in [0.717, 1.165) is 5.56 Å². The van der Waals surface area contributed by atoms with Gasteiger partial charge in [0.15, 0.2) is 0 Å². The first-order valence-corrected chi connectivity index (χ1v) is 5.51. The zero-order chi connectivity index (χ0) is 10.7. The van der Waals surface area contributed by atoms with Crippen molar-refractivity contribution in [3.05, 3.63) is 52.2 Å². The molecule has 1 aromatic heterocycles. The first-order valence-electron chi connectivity index (χ1n) is 4.57. The van der Waals surface area contributed by atoms with Crippen LogP contribution in [0.25, 0.3) is 0 Å². The van der Waals surface area contributed by atoms with Gasteiger partial charge < -0.3 is 4.74 Å². The highest BCUT2D eigenvalue weighted by molar-refractivity contribution is 7.08. The fourth-order valence-electron chi connectivity index (χ4n) is 1.27. The lowest BCUT2D eigenvalue weighted by molar-refractivity contribution is 0.0735. The molecular weight excluding hydrogens is 208 g/mol. The Labute approximate surface area is 92.1 Å². The Morgan fingerprint density at radius 1 is 1.27 bits per heavy atom. The van der Waals surface area contributed by atoms with Crippen LogP contribution in [0.3, 0.4) is 0 Å². The van der Waals surface area contributed by atoms with Gasteiger partial charge in [-0.25, -0.2) is 4.79 Å². The molecule has 2 aromatic rings. The third kappa shape index (κ3) is 2.25. The van der Waals surface area contributed by atoms with Crippen LogP contribution in [0.5, 0.6) is 5.75 Å². The third-order valence-corrected chi connectivity index (χ3v) is 2.73. The van der Waals surface area contributed by atoms with E-state index in [1.807, 2.05) is 30.5 Å². The molecule has 0 atom stereocenters. The quantitative estimate of drug-likeness (QED) is 0.723. The third-order valence-electron chi connectivity index (χ3n) is 2.07. The number of aryl methyl sites for hydroxylation is 1. The molecule has 0 unspecified atom stereocenters. The van der Waals surface area contributed by atoms with Crippen molar-refractivity contribution in [1.82, 2.24) is 0 Å². The predicted octanol–water partition coefficient (Wildman–Crippen LogP) is 3.28. The van der Waals surface area contributed by atoms with Gasteiger partial charge in [-0.15, -0.1) is 11.3 Å². The minimum Gasteiger partial charge on any atom is -0.422 e. The molecule has 76 valence electrons. The van der Waals surface area contributed by atoms with Gasteiger partial charge in [0.05, 0.1) is 5.56 Å². The zero-order valence-electron chi connectivity index (χ0n) is 8.27. The highest BCUT2D eigenvalue weighted by atomic mass is 32.1. The summed E-state index contributed by atoms with van der Waals surface area (Å²) in [5, 5.41) is 3.68. The molecule has 0 aliphatic carbocycles.